The normalized spacial score (nSPS) is 10.2. The molecule has 0 aliphatic carbocycles. The van der Waals surface area contributed by atoms with Gasteiger partial charge in [-0.1, -0.05) is 44.2 Å². The number of fused-ring (bicyclic) bond motifs is 3. The second-order valence-corrected chi connectivity index (χ2v) is 3.55. The van der Waals surface area contributed by atoms with Crippen LogP contribution in [0.25, 0.3) is 21.9 Å². The van der Waals surface area contributed by atoms with Gasteiger partial charge in [-0.05, 0) is 24.6 Å². The van der Waals surface area contributed by atoms with E-state index in [1.54, 1.807) is 0 Å². The maximum Gasteiger partial charge on any atom is 0.135 e. The van der Waals surface area contributed by atoms with Crippen LogP contribution in [-0.2, 0) is 0 Å². The highest BCUT2D eigenvalue weighted by atomic mass is 16.3. The summed E-state index contributed by atoms with van der Waals surface area (Å²) in [7, 11) is 0. The molecule has 82 valence electrons. The number of benzene rings is 2. The Morgan fingerprint density at radius 2 is 1.50 bits per heavy atom. The van der Waals surface area contributed by atoms with Crippen LogP contribution in [0.3, 0.4) is 0 Å². The van der Waals surface area contributed by atoms with Crippen molar-refractivity contribution in [2.45, 2.75) is 20.8 Å². The minimum absolute atomic E-state index is 0.969. The Morgan fingerprint density at radius 1 is 0.812 bits per heavy atom. The van der Waals surface area contributed by atoms with E-state index in [9.17, 15) is 0 Å². The molecule has 1 heteroatoms. The monoisotopic (exact) mass is 212 g/mol. The lowest BCUT2D eigenvalue weighted by Crippen LogP contribution is -1.72. The Labute approximate surface area is 95.7 Å². The van der Waals surface area contributed by atoms with Gasteiger partial charge in [0.15, 0.2) is 0 Å². The van der Waals surface area contributed by atoms with Gasteiger partial charge in [-0.3, -0.25) is 0 Å². The number of hydrogen-bond donors (Lipinski definition) is 0. The molecule has 0 radical (unpaired) electrons. The summed E-state index contributed by atoms with van der Waals surface area (Å²) < 4.78 is 5.73. The van der Waals surface area contributed by atoms with Crippen LogP contribution in [0.1, 0.15) is 19.4 Å². The first-order valence-corrected chi connectivity index (χ1v) is 5.73. The van der Waals surface area contributed by atoms with Crippen molar-refractivity contribution in [1.29, 1.82) is 0 Å². The van der Waals surface area contributed by atoms with Crippen molar-refractivity contribution < 1.29 is 4.42 Å². The lowest BCUT2D eigenvalue weighted by Gasteiger charge is -1.93. The molecule has 1 nitrogen and oxygen atoms in total. The molecule has 0 fully saturated rings. The average Bonchev–Trinajstić information content (AvgIpc) is 2.71. The maximum absolute atomic E-state index is 5.73. The minimum Gasteiger partial charge on any atom is -0.456 e. The smallest absolute Gasteiger partial charge is 0.135 e. The molecule has 0 saturated carbocycles. The van der Waals surface area contributed by atoms with Gasteiger partial charge in [0.2, 0.25) is 0 Å². The van der Waals surface area contributed by atoms with Gasteiger partial charge in [-0.2, -0.15) is 0 Å². The van der Waals surface area contributed by atoms with Crippen LogP contribution in [0.5, 0.6) is 0 Å². The van der Waals surface area contributed by atoms with Crippen molar-refractivity contribution >= 4 is 21.9 Å². The highest BCUT2D eigenvalue weighted by Gasteiger charge is 2.06. The SMILES string of the molecule is CC.Cc1cccc2oc3ccccc3c12. The molecule has 0 aliphatic rings. The van der Waals surface area contributed by atoms with E-state index in [-0.39, 0.29) is 0 Å². The summed E-state index contributed by atoms with van der Waals surface area (Å²) in [4.78, 5) is 0. The first kappa shape index (κ1) is 10.7. The third-order valence-electron chi connectivity index (χ3n) is 2.61. The number of furan rings is 1. The average molecular weight is 212 g/mol. The van der Waals surface area contributed by atoms with Crippen LogP contribution in [-0.4, -0.2) is 0 Å². The summed E-state index contributed by atoms with van der Waals surface area (Å²) in [6.45, 7) is 6.12. The summed E-state index contributed by atoms with van der Waals surface area (Å²) in [5.41, 5.74) is 3.22. The van der Waals surface area contributed by atoms with Crippen molar-refractivity contribution in [2.75, 3.05) is 0 Å². The Balaban J connectivity index is 0.000000457. The zero-order valence-corrected chi connectivity index (χ0v) is 9.95. The number of hydrogen-bond acceptors (Lipinski definition) is 1. The standard InChI is InChI=1S/C13H10O.C2H6/c1-9-5-4-8-12-13(9)10-6-2-3-7-11(10)14-12;1-2/h2-8H,1H3;1-2H3. The van der Waals surface area contributed by atoms with Crippen molar-refractivity contribution in [3.63, 3.8) is 0 Å². The van der Waals surface area contributed by atoms with Crippen LogP contribution in [0.15, 0.2) is 46.9 Å². The second kappa shape index (κ2) is 4.40. The fraction of sp³-hybridized carbons (Fsp3) is 0.200. The predicted octanol–water partition coefficient (Wildman–Crippen LogP) is 4.92. The molecule has 0 spiro atoms. The van der Waals surface area contributed by atoms with E-state index in [0.717, 1.165) is 11.2 Å². The van der Waals surface area contributed by atoms with Crippen LogP contribution in [0.2, 0.25) is 0 Å². The van der Waals surface area contributed by atoms with Gasteiger partial charge < -0.3 is 4.42 Å². The van der Waals surface area contributed by atoms with Crippen molar-refractivity contribution in [3.05, 3.63) is 48.0 Å². The summed E-state index contributed by atoms with van der Waals surface area (Å²) in [6, 6.07) is 14.3. The van der Waals surface area contributed by atoms with Gasteiger partial charge in [0.25, 0.3) is 0 Å². The molecular formula is C15H16O. The van der Waals surface area contributed by atoms with Gasteiger partial charge >= 0.3 is 0 Å². The van der Waals surface area contributed by atoms with Gasteiger partial charge in [0.05, 0.1) is 0 Å². The third kappa shape index (κ3) is 1.58. The molecule has 1 aromatic heterocycles. The first-order chi connectivity index (χ1) is 7.86. The van der Waals surface area contributed by atoms with E-state index < -0.39 is 0 Å². The maximum atomic E-state index is 5.73. The van der Waals surface area contributed by atoms with E-state index in [4.69, 9.17) is 4.42 Å². The molecule has 16 heavy (non-hydrogen) atoms. The number of para-hydroxylation sites is 1. The zero-order valence-electron chi connectivity index (χ0n) is 9.95. The molecule has 0 saturated heterocycles. The summed E-state index contributed by atoms with van der Waals surface area (Å²) >= 11 is 0. The molecule has 0 N–H and O–H groups in total. The molecular weight excluding hydrogens is 196 g/mol. The molecule has 0 bridgehead atoms. The summed E-state index contributed by atoms with van der Waals surface area (Å²) in [5, 5.41) is 2.45. The molecule has 0 aliphatic heterocycles. The number of rotatable bonds is 0. The van der Waals surface area contributed by atoms with E-state index in [1.165, 1.54) is 16.3 Å². The molecule has 1 heterocycles. The highest BCUT2D eigenvalue weighted by molar-refractivity contribution is 6.06. The lowest BCUT2D eigenvalue weighted by molar-refractivity contribution is 0.669. The Hall–Kier alpha value is -1.76. The van der Waals surface area contributed by atoms with E-state index in [0.29, 0.717) is 0 Å². The molecule has 0 atom stereocenters. The molecule has 3 rings (SSSR count). The Morgan fingerprint density at radius 3 is 2.31 bits per heavy atom. The van der Waals surface area contributed by atoms with Crippen LogP contribution >= 0.6 is 0 Å². The van der Waals surface area contributed by atoms with Crippen LogP contribution in [0.4, 0.5) is 0 Å². The van der Waals surface area contributed by atoms with Gasteiger partial charge in [0.1, 0.15) is 11.2 Å². The predicted molar refractivity (Wildman–Crippen MR) is 69.8 cm³/mol. The van der Waals surface area contributed by atoms with Crippen molar-refractivity contribution in [2.24, 2.45) is 0 Å². The van der Waals surface area contributed by atoms with Gasteiger partial charge in [0, 0.05) is 10.8 Å². The quantitative estimate of drug-likeness (QED) is 0.515. The van der Waals surface area contributed by atoms with Crippen LogP contribution < -0.4 is 0 Å². The van der Waals surface area contributed by atoms with Crippen LogP contribution in [0, 0.1) is 6.92 Å². The first-order valence-electron chi connectivity index (χ1n) is 5.73. The van der Waals surface area contributed by atoms with E-state index in [2.05, 4.69) is 19.1 Å². The highest BCUT2D eigenvalue weighted by Crippen LogP contribution is 2.30. The van der Waals surface area contributed by atoms with Crippen molar-refractivity contribution in [3.8, 4) is 0 Å². The number of aryl methyl sites for hydroxylation is 1. The lowest BCUT2D eigenvalue weighted by atomic mass is 10.1. The Kier molecular flexibility index (Phi) is 2.95. The summed E-state index contributed by atoms with van der Waals surface area (Å²) in [6.07, 6.45) is 0. The molecule has 3 aromatic rings. The minimum atomic E-state index is 0.969. The fourth-order valence-corrected chi connectivity index (χ4v) is 1.95. The fourth-order valence-electron chi connectivity index (χ4n) is 1.95. The van der Waals surface area contributed by atoms with E-state index >= 15 is 0 Å². The zero-order chi connectivity index (χ0) is 11.5. The third-order valence-corrected chi connectivity index (χ3v) is 2.61. The van der Waals surface area contributed by atoms with Gasteiger partial charge in [-0.15, -0.1) is 0 Å². The topological polar surface area (TPSA) is 13.1 Å². The van der Waals surface area contributed by atoms with Crippen molar-refractivity contribution in [1.82, 2.24) is 0 Å². The Bertz CT molecular complexity index is 605. The molecule has 0 amide bonds. The largest absolute Gasteiger partial charge is 0.456 e. The molecule has 0 unspecified atom stereocenters. The molecule has 2 aromatic carbocycles. The van der Waals surface area contributed by atoms with Gasteiger partial charge in [-0.25, -0.2) is 0 Å². The van der Waals surface area contributed by atoms with E-state index in [1.807, 2.05) is 44.2 Å². The summed E-state index contributed by atoms with van der Waals surface area (Å²) in [5.74, 6) is 0. The second-order valence-electron chi connectivity index (χ2n) is 3.55.